The Kier molecular flexibility index (Phi) is 5.10. The first-order valence-corrected chi connectivity index (χ1v) is 8.39. The molecule has 0 aliphatic rings. The number of nitrogens with one attached hydrogen (secondary N) is 1. The highest BCUT2D eigenvalue weighted by Crippen LogP contribution is 2.17. The zero-order chi connectivity index (χ0) is 16.9. The molecule has 0 unspecified atom stereocenters. The highest BCUT2D eigenvalue weighted by atomic mass is 79.9. The summed E-state index contributed by atoms with van der Waals surface area (Å²) in [4.78, 5) is 8.77. The number of hydrogen-bond acceptors (Lipinski definition) is 5. The van der Waals surface area contributed by atoms with Crippen LogP contribution in [0.2, 0.25) is 0 Å². The van der Waals surface area contributed by atoms with Crippen LogP contribution in [0.4, 0.5) is 5.82 Å². The molecule has 0 spiro atoms. The van der Waals surface area contributed by atoms with Crippen LogP contribution in [0, 0.1) is 13.8 Å². The van der Waals surface area contributed by atoms with Gasteiger partial charge < -0.3 is 10.1 Å². The molecule has 0 aliphatic heterocycles. The maximum Gasteiger partial charge on any atom is 0.174 e. The highest BCUT2D eigenvalue weighted by Gasteiger charge is 2.06. The lowest BCUT2D eigenvalue weighted by molar-refractivity contribution is 0.332. The van der Waals surface area contributed by atoms with E-state index in [0.717, 1.165) is 21.6 Å². The van der Waals surface area contributed by atoms with Gasteiger partial charge in [0.1, 0.15) is 18.2 Å². The summed E-state index contributed by atoms with van der Waals surface area (Å²) >= 11 is 3.42. The molecule has 1 aromatic carbocycles. The number of hydrogen-bond donors (Lipinski definition) is 1. The Morgan fingerprint density at radius 1 is 1.21 bits per heavy atom. The van der Waals surface area contributed by atoms with Crippen LogP contribution in [-0.2, 0) is 0 Å². The maximum absolute atomic E-state index is 5.69. The molecule has 2 aromatic heterocycles. The van der Waals surface area contributed by atoms with Gasteiger partial charge in [-0.05, 0) is 38.1 Å². The van der Waals surface area contributed by atoms with Gasteiger partial charge in [0.2, 0.25) is 0 Å². The van der Waals surface area contributed by atoms with Crippen LogP contribution in [0.5, 0.6) is 5.75 Å². The second kappa shape index (κ2) is 7.44. The Morgan fingerprint density at radius 3 is 2.83 bits per heavy atom. The van der Waals surface area contributed by atoms with E-state index in [2.05, 4.69) is 36.3 Å². The Bertz CT molecular complexity index is 833. The van der Waals surface area contributed by atoms with E-state index in [1.165, 1.54) is 0 Å². The van der Waals surface area contributed by atoms with Crippen molar-refractivity contribution in [3.63, 3.8) is 0 Å². The molecule has 2 heterocycles. The lowest BCUT2D eigenvalue weighted by Crippen LogP contribution is -2.13. The number of nitrogens with zero attached hydrogens (tertiary/aromatic N) is 4. The smallest absolute Gasteiger partial charge is 0.174 e. The zero-order valence-electron chi connectivity index (χ0n) is 13.5. The number of rotatable bonds is 6. The lowest BCUT2D eigenvalue weighted by atomic mass is 10.3. The molecule has 0 amide bonds. The van der Waals surface area contributed by atoms with Gasteiger partial charge in [-0.2, -0.15) is 5.10 Å². The quantitative estimate of drug-likeness (QED) is 0.655. The molecule has 0 aliphatic carbocycles. The fraction of sp³-hybridized carbons (Fsp3) is 0.235. The van der Waals surface area contributed by atoms with Gasteiger partial charge in [0.25, 0.3) is 0 Å². The summed E-state index contributed by atoms with van der Waals surface area (Å²) in [6.07, 6.45) is 3.39. The van der Waals surface area contributed by atoms with Crippen molar-refractivity contribution in [3.05, 3.63) is 58.6 Å². The van der Waals surface area contributed by atoms with Crippen molar-refractivity contribution in [2.45, 2.75) is 13.8 Å². The van der Waals surface area contributed by atoms with E-state index in [-0.39, 0.29) is 0 Å². The van der Waals surface area contributed by atoms with Gasteiger partial charge in [0.05, 0.1) is 24.6 Å². The Morgan fingerprint density at radius 2 is 2.08 bits per heavy atom. The van der Waals surface area contributed by atoms with Crippen molar-refractivity contribution < 1.29 is 4.74 Å². The molecule has 0 radical (unpaired) electrons. The van der Waals surface area contributed by atoms with Crippen LogP contribution in [0.15, 0.2) is 47.2 Å². The summed E-state index contributed by atoms with van der Waals surface area (Å²) in [6, 6.07) is 9.77. The normalized spacial score (nSPS) is 10.6. The van der Waals surface area contributed by atoms with Crippen molar-refractivity contribution in [2.24, 2.45) is 0 Å². The largest absolute Gasteiger partial charge is 0.492 e. The number of aromatic nitrogens is 4. The summed E-state index contributed by atoms with van der Waals surface area (Å²) in [7, 11) is 0. The second-order valence-corrected chi connectivity index (χ2v) is 6.25. The summed E-state index contributed by atoms with van der Waals surface area (Å²) in [5.74, 6) is 2.21. The third-order valence-corrected chi connectivity index (χ3v) is 3.81. The molecular formula is C17H18BrN5O. The summed E-state index contributed by atoms with van der Waals surface area (Å²) in [5.41, 5.74) is 1.98. The van der Waals surface area contributed by atoms with E-state index in [1.807, 2.05) is 44.2 Å². The monoisotopic (exact) mass is 387 g/mol. The van der Waals surface area contributed by atoms with Gasteiger partial charge in [0, 0.05) is 10.2 Å². The first-order valence-electron chi connectivity index (χ1n) is 7.60. The third-order valence-electron chi connectivity index (χ3n) is 3.32. The Labute approximate surface area is 149 Å². The van der Waals surface area contributed by atoms with E-state index in [1.54, 1.807) is 17.1 Å². The average Bonchev–Trinajstić information content (AvgIpc) is 2.90. The van der Waals surface area contributed by atoms with Crippen LogP contribution in [0.25, 0.3) is 5.82 Å². The van der Waals surface area contributed by atoms with Crippen molar-refractivity contribution in [2.75, 3.05) is 18.5 Å². The zero-order valence-corrected chi connectivity index (χ0v) is 15.1. The van der Waals surface area contributed by atoms with Gasteiger partial charge in [0.15, 0.2) is 5.82 Å². The van der Waals surface area contributed by atoms with Gasteiger partial charge in [-0.25, -0.2) is 9.67 Å². The molecule has 3 rings (SSSR count). The fourth-order valence-corrected chi connectivity index (χ4v) is 2.69. The van der Waals surface area contributed by atoms with Crippen molar-refractivity contribution in [1.29, 1.82) is 0 Å². The van der Waals surface area contributed by atoms with Crippen LogP contribution in [0.1, 0.15) is 11.4 Å². The number of ether oxygens (including phenoxy) is 1. The van der Waals surface area contributed by atoms with Crippen LogP contribution < -0.4 is 10.1 Å². The molecule has 124 valence electrons. The highest BCUT2D eigenvalue weighted by molar-refractivity contribution is 9.10. The van der Waals surface area contributed by atoms with Gasteiger partial charge in [-0.1, -0.05) is 22.0 Å². The second-order valence-electron chi connectivity index (χ2n) is 5.33. The molecule has 6 nitrogen and oxygen atoms in total. The molecule has 0 bridgehead atoms. The molecule has 24 heavy (non-hydrogen) atoms. The Balaban J connectivity index is 1.58. The minimum absolute atomic E-state index is 0.530. The predicted octanol–water partition coefficient (Wildman–Crippen LogP) is 3.53. The summed E-state index contributed by atoms with van der Waals surface area (Å²) in [5, 5.41) is 7.64. The SMILES string of the molecule is Cc1cc(C)n(-c2cncc(NCCOc3cccc(Br)c3)n2)n1. The topological polar surface area (TPSA) is 64.9 Å². The predicted molar refractivity (Wildman–Crippen MR) is 96.8 cm³/mol. The minimum atomic E-state index is 0.530. The molecule has 0 fully saturated rings. The Hall–Kier alpha value is -2.41. The first kappa shape index (κ1) is 16.4. The number of benzene rings is 1. The molecule has 7 heteroatoms. The lowest BCUT2D eigenvalue weighted by Gasteiger charge is -2.09. The summed E-state index contributed by atoms with van der Waals surface area (Å²) < 4.78 is 8.47. The molecule has 0 saturated heterocycles. The molecular weight excluding hydrogens is 370 g/mol. The van der Waals surface area contributed by atoms with Gasteiger partial charge in [-0.15, -0.1) is 0 Å². The third kappa shape index (κ3) is 4.11. The van der Waals surface area contributed by atoms with Crippen LogP contribution >= 0.6 is 15.9 Å². The van der Waals surface area contributed by atoms with Crippen LogP contribution in [0.3, 0.4) is 0 Å². The van der Waals surface area contributed by atoms with Crippen molar-refractivity contribution >= 4 is 21.7 Å². The molecule has 0 saturated carbocycles. The molecule has 3 aromatic rings. The van der Waals surface area contributed by atoms with E-state index in [0.29, 0.717) is 24.8 Å². The fourth-order valence-electron chi connectivity index (χ4n) is 2.31. The van der Waals surface area contributed by atoms with E-state index in [4.69, 9.17) is 4.74 Å². The molecule has 0 atom stereocenters. The maximum atomic E-state index is 5.69. The van der Waals surface area contributed by atoms with Gasteiger partial charge in [-0.3, -0.25) is 4.98 Å². The van der Waals surface area contributed by atoms with E-state index < -0.39 is 0 Å². The minimum Gasteiger partial charge on any atom is -0.492 e. The van der Waals surface area contributed by atoms with Crippen molar-refractivity contribution in [1.82, 2.24) is 19.7 Å². The first-order chi connectivity index (χ1) is 11.6. The summed E-state index contributed by atoms with van der Waals surface area (Å²) in [6.45, 7) is 5.11. The van der Waals surface area contributed by atoms with Gasteiger partial charge >= 0.3 is 0 Å². The average molecular weight is 388 g/mol. The number of anilines is 1. The van der Waals surface area contributed by atoms with Crippen molar-refractivity contribution in [3.8, 4) is 11.6 Å². The standard InChI is InChI=1S/C17H18BrN5O/c1-12-8-13(2)23(22-12)17-11-19-10-16(21-17)20-6-7-24-15-5-3-4-14(18)9-15/h3-5,8-11H,6-7H2,1-2H3,(H,20,21). The molecule has 1 N–H and O–H groups in total. The van der Waals surface area contributed by atoms with E-state index in [9.17, 15) is 0 Å². The van der Waals surface area contributed by atoms with E-state index >= 15 is 0 Å². The number of halogens is 1. The number of aryl methyl sites for hydroxylation is 2. The van der Waals surface area contributed by atoms with Crippen LogP contribution in [-0.4, -0.2) is 32.9 Å².